The Morgan fingerprint density at radius 3 is 2.69 bits per heavy atom. The first kappa shape index (κ1) is 22.1. The lowest BCUT2D eigenvalue weighted by Gasteiger charge is -2.22. The van der Waals surface area contributed by atoms with Gasteiger partial charge >= 0.3 is 6.18 Å². The highest BCUT2D eigenvalue weighted by atomic mass is 19.4. The Balaban J connectivity index is 1.73. The molecule has 0 unspecified atom stereocenters. The van der Waals surface area contributed by atoms with Gasteiger partial charge in [0.1, 0.15) is 11.2 Å². The van der Waals surface area contributed by atoms with E-state index in [4.69, 9.17) is 4.74 Å². The van der Waals surface area contributed by atoms with Gasteiger partial charge in [-0.3, -0.25) is 0 Å². The molecule has 0 aliphatic carbocycles. The summed E-state index contributed by atoms with van der Waals surface area (Å²) in [6, 6.07) is 6.61. The molecule has 32 heavy (non-hydrogen) atoms. The number of anilines is 2. The largest absolute Gasteiger partial charge is 0.480 e. The normalized spacial score (nSPS) is 17.6. The van der Waals surface area contributed by atoms with Crippen LogP contribution in [0.3, 0.4) is 0 Å². The molecule has 3 aromatic rings. The number of aryl methyl sites for hydroxylation is 1. The van der Waals surface area contributed by atoms with Crippen molar-refractivity contribution < 1.29 is 23.0 Å². The number of halogens is 3. The SMILES string of the molecule is COc1nc2c(C)nnc(N[C@H](C)c3cccc(C(F)(F)F)c3)c2cc1N1CC[C@H](O)C1. The average Bonchev–Trinajstić information content (AvgIpc) is 3.20. The van der Waals surface area contributed by atoms with Gasteiger partial charge in [0.15, 0.2) is 5.82 Å². The van der Waals surface area contributed by atoms with Gasteiger partial charge < -0.3 is 20.1 Å². The summed E-state index contributed by atoms with van der Waals surface area (Å²) >= 11 is 0. The molecule has 3 heterocycles. The van der Waals surface area contributed by atoms with Crippen LogP contribution in [-0.2, 0) is 6.18 Å². The van der Waals surface area contributed by atoms with Crippen molar-refractivity contribution in [2.75, 3.05) is 30.4 Å². The number of aliphatic hydroxyl groups is 1. The monoisotopic (exact) mass is 447 g/mol. The molecule has 0 spiro atoms. The number of aromatic nitrogens is 3. The topological polar surface area (TPSA) is 83.4 Å². The molecule has 1 fully saturated rings. The molecule has 2 atom stereocenters. The highest BCUT2D eigenvalue weighted by Gasteiger charge is 2.31. The van der Waals surface area contributed by atoms with Crippen LogP contribution in [0.4, 0.5) is 24.7 Å². The van der Waals surface area contributed by atoms with E-state index >= 15 is 0 Å². The summed E-state index contributed by atoms with van der Waals surface area (Å²) < 4.78 is 44.8. The van der Waals surface area contributed by atoms with Gasteiger partial charge in [0.05, 0.1) is 30.5 Å². The zero-order valence-electron chi connectivity index (χ0n) is 17.9. The molecule has 170 valence electrons. The predicted molar refractivity (Wildman–Crippen MR) is 115 cm³/mol. The summed E-state index contributed by atoms with van der Waals surface area (Å²) in [6.45, 7) is 4.66. The van der Waals surface area contributed by atoms with Gasteiger partial charge in [0, 0.05) is 18.5 Å². The second-order valence-electron chi connectivity index (χ2n) is 7.92. The fourth-order valence-electron chi connectivity index (χ4n) is 3.89. The van der Waals surface area contributed by atoms with E-state index in [1.54, 1.807) is 19.9 Å². The summed E-state index contributed by atoms with van der Waals surface area (Å²) in [5.41, 5.74) is 1.67. The van der Waals surface area contributed by atoms with Crippen molar-refractivity contribution in [1.82, 2.24) is 15.2 Å². The lowest BCUT2D eigenvalue weighted by Crippen LogP contribution is -2.22. The first-order chi connectivity index (χ1) is 15.2. The Morgan fingerprint density at radius 2 is 2.03 bits per heavy atom. The fourth-order valence-corrected chi connectivity index (χ4v) is 3.89. The van der Waals surface area contributed by atoms with E-state index in [1.807, 2.05) is 11.0 Å². The van der Waals surface area contributed by atoms with Crippen molar-refractivity contribution in [3.05, 3.63) is 47.2 Å². The summed E-state index contributed by atoms with van der Waals surface area (Å²) in [6.07, 6.45) is -4.19. The van der Waals surface area contributed by atoms with Crippen LogP contribution >= 0.6 is 0 Å². The highest BCUT2D eigenvalue weighted by molar-refractivity contribution is 5.93. The molecular formula is C22H24F3N5O2. The predicted octanol–water partition coefficient (Wildman–Crippen LogP) is 4.10. The van der Waals surface area contributed by atoms with Crippen LogP contribution in [0.25, 0.3) is 10.9 Å². The Kier molecular flexibility index (Phi) is 5.81. The summed E-state index contributed by atoms with van der Waals surface area (Å²) in [5.74, 6) is 0.825. The van der Waals surface area contributed by atoms with Crippen LogP contribution in [0.5, 0.6) is 5.88 Å². The van der Waals surface area contributed by atoms with Crippen LogP contribution in [0.2, 0.25) is 0 Å². The van der Waals surface area contributed by atoms with Crippen molar-refractivity contribution in [2.24, 2.45) is 0 Å². The van der Waals surface area contributed by atoms with Crippen LogP contribution in [-0.4, -0.2) is 46.6 Å². The summed E-state index contributed by atoms with van der Waals surface area (Å²) in [5, 5.41) is 22.2. The van der Waals surface area contributed by atoms with Gasteiger partial charge in [-0.25, -0.2) is 4.98 Å². The maximum atomic E-state index is 13.1. The number of pyridine rings is 1. The number of nitrogens with zero attached hydrogens (tertiary/aromatic N) is 4. The Labute approximate surface area is 183 Å². The molecule has 1 aromatic carbocycles. The molecule has 4 rings (SSSR count). The Hall–Kier alpha value is -3.14. The zero-order valence-corrected chi connectivity index (χ0v) is 17.9. The smallest absolute Gasteiger partial charge is 0.416 e. The number of hydrogen-bond donors (Lipinski definition) is 2. The zero-order chi connectivity index (χ0) is 23.0. The number of aliphatic hydroxyl groups excluding tert-OH is 1. The maximum absolute atomic E-state index is 13.1. The van der Waals surface area contributed by atoms with Crippen molar-refractivity contribution in [2.45, 2.75) is 38.6 Å². The number of β-amino-alcohol motifs (C(OH)–C–C–N with tert-alkyl or cyclic N) is 1. The quantitative estimate of drug-likeness (QED) is 0.609. The minimum atomic E-state index is -4.41. The third-order valence-electron chi connectivity index (χ3n) is 5.63. The van der Waals surface area contributed by atoms with E-state index in [1.165, 1.54) is 13.2 Å². The number of benzene rings is 1. The third kappa shape index (κ3) is 4.27. The van der Waals surface area contributed by atoms with Crippen LogP contribution in [0, 0.1) is 6.92 Å². The van der Waals surface area contributed by atoms with E-state index in [2.05, 4.69) is 20.5 Å². The van der Waals surface area contributed by atoms with Crippen molar-refractivity contribution in [3.8, 4) is 5.88 Å². The first-order valence-corrected chi connectivity index (χ1v) is 10.3. The second-order valence-corrected chi connectivity index (χ2v) is 7.92. The Morgan fingerprint density at radius 1 is 1.25 bits per heavy atom. The molecule has 1 saturated heterocycles. The number of nitrogens with one attached hydrogen (secondary N) is 1. The molecule has 1 aliphatic rings. The van der Waals surface area contributed by atoms with Crippen LogP contribution < -0.4 is 15.0 Å². The van der Waals surface area contributed by atoms with Crippen molar-refractivity contribution in [3.63, 3.8) is 0 Å². The van der Waals surface area contributed by atoms with Crippen LogP contribution in [0.15, 0.2) is 30.3 Å². The number of rotatable bonds is 5. The first-order valence-electron chi connectivity index (χ1n) is 10.3. The highest BCUT2D eigenvalue weighted by Crippen LogP contribution is 2.36. The Bertz CT molecular complexity index is 1140. The van der Waals surface area contributed by atoms with Gasteiger partial charge in [0.2, 0.25) is 5.88 Å². The number of ether oxygens (including phenoxy) is 1. The molecular weight excluding hydrogens is 423 g/mol. The van der Waals surface area contributed by atoms with Crippen LogP contribution in [0.1, 0.15) is 36.2 Å². The minimum absolute atomic E-state index is 0.409. The average molecular weight is 447 g/mol. The molecule has 0 bridgehead atoms. The lowest BCUT2D eigenvalue weighted by atomic mass is 10.0. The fraction of sp³-hybridized carbons (Fsp3) is 0.409. The summed E-state index contributed by atoms with van der Waals surface area (Å²) in [4.78, 5) is 6.60. The van der Waals surface area contributed by atoms with E-state index in [-0.39, 0.29) is 0 Å². The van der Waals surface area contributed by atoms with E-state index in [0.717, 1.165) is 17.8 Å². The summed E-state index contributed by atoms with van der Waals surface area (Å²) in [7, 11) is 1.53. The molecule has 2 aromatic heterocycles. The van der Waals surface area contributed by atoms with E-state index < -0.39 is 23.9 Å². The number of alkyl halides is 3. The van der Waals surface area contributed by atoms with Gasteiger partial charge in [-0.1, -0.05) is 12.1 Å². The number of fused-ring (bicyclic) bond motifs is 1. The molecule has 7 nitrogen and oxygen atoms in total. The maximum Gasteiger partial charge on any atom is 0.416 e. The molecule has 0 amide bonds. The van der Waals surface area contributed by atoms with Crippen molar-refractivity contribution >= 4 is 22.4 Å². The second kappa shape index (κ2) is 8.42. The number of hydrogen-bond acceptors (Lipinski definition) is 7. The molecule has 10 heteroatoms. The van der Waals surface area contributed by atoms with Gasteiger partial charge in [-0.15, -0.1) is 5.10 Å². The van der Waals surface area contributed by atoms with Crippen molar-refractivity contribution in [1.29, 1.82) is 0 Å². The third-order valence-corrected chi connectivity index (χ3v) is 5.63. The molecule has 0 saturated carbocycles. The number of methoxy groups -OCH3 is 1. The van der Waals surface area contributed by atoms with E-state index in [9.17, 15) is 18.3 Å². The van der Waals surface area contributed by atoms with Gasteiger partial charge in [-0.2, -0.15) is 18.3 Å². The van der Waals surface area contributed by atoms with Gasteiger partial charge in [-0.05, 0) is 44.0 Å². The van der Waals surface area contributed by atoms with Gasteiger partial charge in [0.25, 0.3) is 0 Å². The lowest BCUT2D eigenvalue weighted by molar-refractivity contribution is -0.137. The standard InChI is InChI=1S/C22H24F3N5O2/c1-12(14-5-4-6-15(9-14)22(23,24)25)26-20-17-10-18(30-8-7-16(31)11-30)21(32-3)27-19(17)13(2)28-29-20/h4-6,9-10,12,16,31H,7-8,11H2,1-3H3,(H,26,29)/t12-,16+/m1/s1. The molecule has 1 aliphatic heterocycles. The molecule has 2 N–H and O–H groups in total. The minimum Gasteiger partial charge on any atom is -0.480 e. The molecule has 0 radical (unpaired) electrons. The van der Waals surface area contributed by atoms with E-state index in [0.29, 0.717) is 53.4 Å².